The van der Waals surface area contributed by atoms with E-state index in [-0.39, 0.29) is 11.9 Å². The number of nitrogens with two attached hydrogens (primary N) is 1. The summed E-state index contributed by atoms with van der Waals surface area (Å²) in [5.74, 6) is 0.169. The van der Waals surface area contributed by atoms with Crippen molar-refractivity contribution >= 4 is 11.6 Å². The molecule has 6 heteroatoms. The van der Waals surface area contributed by atoms with E-state index in [0.29, 0.717) is 23.9 Å². The van der Waals surface area contributed by atoms with Gasteiger partial charge in [0, 0.05) is 18.6 Å². The highest BCUT2D eigenvalue weighted by molar-refractivity contribution is 5.97. The first-order valence-electron chi connectivity index (χ1n) is 5.36. The van der Waals surface area contributed by atoms with Crippen LogP contribution in [0.4, 0.5) is 5.69 Å². The SMILES string of the molecule is CC(NC(=O)c1[nH]ncc1N)C1CCOC1. The van der Waals surface area contributed by atoms with Crippen molar-refractivity contribution in [3.05, 3.63) is 11.9 Å². The highest BCUT2D eigenvalue weighted by atomic mass is 16.5. The number of hydrogen-bond acceptors (Lipinski definition) is 4. The summed E-state index contributed by atoms with van der Waals surface area (Å²) in [6, 6.07) is 0.0812. The van der Waals surface area contributed by atoms with Crippen LogP contribution in [0.25, 0.3) is 0 Å². The van der Waals surface area contributed by atoms with Gasteiger partial charge in [-0.1, -0.05) is 0 Å². The first-order chi connectivity index (χ1) is 7.68. The zero-order valence-corrected chi connectivity index (χ0v) is 9.19. The van der Waals surface area contributed by atoms with Crippen LogP contribution in [0.5, 0.6) is 0 Å². The minimum Gasteiger partial charge on any atom is -0.396 e. The van der Waals surface area contributed by atoms with E-state index in [9.17, 15) is 4.79 Å². The summed E-state index contributed by atoms with van der Waals surface area (Å²) in [4.78, 5) is 11.8. The summed E-state index contributed by atoms with van der Waals surface area (Å²) >= 11 is 0. The quantitative estimate of drug-likeness (QED) is 0.681. The number of nitrogens with zero attached hydrogens (tertiary/aromatic N) is 1. The highest BCUT2D eigenvalue weighted by Crippen LogP contribution is 2.17. The fourth-order valence-corrected chi connectivity index (χ4v) is 1.82. The minimum atomic E-state index is -0.214. The molecule has 0 saturated carbocycles. The number of hydrogen-bond donors (Lipinski definition) is 3. The predicted molar refractivity (Wildman–Crippen MR) is 58.9 cm³/mol. The lowest BCUT2D eigenvalue weighted by atomic mass is 10.0. The normalized spacial score (nSPS) is 21.9. The molecule has 2 rings (SSSR count). The first-order valence-corrected chi connectivity index (χ1v) is 5.36. The molecule has 1 saturated heterocycles. The number of H-pyrrole nitrogens is 1. The topological polar surface area (TPSA) is 93.0 Å². The second kappa shape index (κ2) is 4.52. The van der Waals surface area contributed by atoms with Crippen molar-refractivity contribution in [3.8, 4) is 0 Å². The molecule has 2 heterocycles. The zero-order chi connectivity index (χ0) is 11.5. The summed E-state index contributed by atoms with van der Waals surface area (Å²) in [6.45, 7) is 3.46. The van der Waals surface area contributed by atoms with Crippen LogP contribution < -0.4 is 11.1 Å². The maximum absolute atomic E-state index is 11.8. The van der Waals surface area contributed by atoms with Gasteiger partial charge in [0.2, 0.25) is 0 Å². The Morgan fingerprint density at radius 2 is 2.62 bits per heavy atom. The molecular formula is C10H16N4O2. The molecule has 0 bridgehead atoms. The van der Waals surface area contributed by atoms with E-state index in [1.54, 1.807) is 0 Å². The average molecular weight is 224 g/mol. The van der Waals surface area contributed by atoms with Crippen molar-refractivity contribution in [2.75, 3.05) is 18.9 Å². The van der Waals surface area contributed by atoms with Crippen molar-refractivity contribution in [1.82, 2.24) is 15.5 Å². The van der Waals surface area contributed by atoms with Crippen LogP contribution in [0, 0.1) is 5.92 Å². The molecular weight excluding hydrogens is 208 g/mol. The second-order valence-corrected chi connectivity index (χ2v) is 4.09. The second-order valence-electron chi connectivity index (χ2n) is 4.09. The van der Waals surface area contributed by atoms with Gasteiger partial charge in [-0.25, -0.2) is 0 Å². The summed E-state index contributed by atoms with van der Waals surface area (Å²) in [6.07, 6.45) is 2.41. The molecule has 0 radical (unpaired) electrons. The van der Waals surface area contributed by atoms with Crippen molar-refractivity contribution in [2.45, 2.75) is 19.4 Å². The van der Waals surface area contributed by atoms with Gasteiger partial charge in [-0.05, 0) is 13.3 Å². The standard InChI is InChI=1S/C10H16N4O2/c1-6(7-2-3-16-5-7)13-10(15)9-8(11)4-12-14-9/h4,6-7H,2-3,5,11H2,1H3,(H,12,14)(H,13,15). The predicted octanol–water partition coefficient (Wildman–Crippen LogP) is 0.147. The van der Waals surface area contributed by atoms with Gasteiger partial charge in [-0.2, -0.15) is 5.10 Å². The number of carbonyl (C=O) groups is 1. The van der Waals surface area contributed by atoms with Gasteiger partial charge in [-0.15, -0.1) is 0 Å². The summed E-state index contributed by atoms with van der Waals surface area (Å²) in [7, 11) is 0. The molecule has 2 atom stereocenters. The molecule has 0 aromatic carbocycles. The average Bonchev–Trinajstić information content (AvgIpc) is 2.86. The smallest absolute Gasteiger partial charge is 0.271 e. The summed E-state index contributed by atoms with van der Waals surface area (Å²) in [5, 5.41) is 9.19. The Balaban J connectivity index is 1.94. The van der Waals surface area contributed by atoms with E-state index >= 15 is 0 Å². The molecule has 1 aromatic rings. The highest BCUT2D eigenvalue weighted by Gasteiger charge is 2.24. The maximum atomic E-state index is 11.8. The van der Waals surface area contributed by atoms with Gasteiger partial charge >= 0.3 is 0 Å². The fraction of sp³-hybridized carbons (Fsp3) is 0.600. The molecule has 0 aliphatic carbocycles. The van der Waals surface area contributed by atoms with Crippen LogP contribution in [0.15, 0.2) is 6.20 Å². The number of rotatable bonds is 3. The maximum Gasteiger partial charge on any atom is 0.271 e. The van der Waals surface area contributed by atoms with Crippen molar-refractivity contribution in [3.63, 3.8) is 0 Å². The van der Waals surface area contributed by atoms with Gasteiger partial charge in [0.05, 0.1) is 18.5 Å². The number of aromatic amines is 1. The molecule has 1 aromatic heterocycles. The Kier molecular flexibility index (Phi) is 3.09. The number of nitrogen functional groups attached to an aromatic ring is 1. The van der Waals surface area contributed by atoms with Gasteiger partial charge in [0.25, 0.3) is 5.91 Å². The zero-order valence-electron chi connectivity index (χ0n) is 9.19. The molecule has 1 amide bonds. The molecule has 0 spiro atoms. The molecule has 88 valence electrons. The van der Waals surface area contributed by atoms with E-state index in [2.05, 4.69) is 15.5 Å². The number of aromatic nitrogens is 2. The van der Waals surface area contributed by atoms with Crippen molar-refractivity contribution in [2.24, 2.45) is 5.92 Å². The van der Waals surface area contributed by atoms with Crippen LogP contribution in [-0.2, 0) is 4.74 Å². The third kappa shape index (κ3) is 2.16. The Morgan fingerprint density at radius 3 is 3.19 bits per heavy atom. The molecule has 1 aliphatic heterocycles. The molecule has 1 fully saturated rings. The lowest BCUT2D eigenvalue weighted by molar-refractivity contribution is 0.0918. The first kappa shape index (κ1) is 10.9. The Bertz CT molecular complexity index is 371. The fourth-order valence-electron chi connectivity index (χ4n) is 1.82. The van der Waals surface area contributed by atoms with Crippen molar-refractivity contribution < 1.29 is 9.53 Å². The van der Waals surface area contributed by atoms with Crippen LogP contribution in [0.2, 0.25) is 0 Å². The van der Waals surface area contributed by atoms with Crippen LogP contribution in [0.3, 0.4) is 0 Å². The number of carbonyl (C=O) groups excluding carboxylic acids is 1. The van der Waals surface area contributed by atoms with E-state index in [4.69, 9.17) is 10.5 Å². The van der Waals surface area contributed by atoms with E-state index < -0.39 is 0 Å². The largest absolute Gasteiger partial charge is 0.396 e. The summed E-state index contributed by atoms with van der Waals surface area (Å²) < 4.78 is 5.28. The Labute approximate surface area is 93.5 Å². The third-order valence-electron chi connectivity index (χ3n) is 2.93. The van der Waals surface area contributed by atoms with Gasteiger partial charge < -0.3 is 15.8 Å². The van der Waals surface area contributed by atoms with E-state index in [1.165, 1.54) is 6.20 Å². The number of anilines is 1. The lowest BCUT2D eigenvalue weighted by Gasteiger charge is -2.18. The van der Waals surface area contributed by atoms with Crippen LogP contribution in [0.1, 0.15) is 23.8 Å². The minimum absolute atomic E-state index is 0.0812. The molecule has 6 nitrogen and oxygen atoms in total. The third-order valence-corrected chi connectivity index (χ3v) is 2.93. The van der Waals surface area contributed by atoms with Gasteiger partial charge in [0.15, 0.2) is 0 Å². The van der Waals surface area contributed by atoms with Crippen LogP contribution >= 0.6 is 0 Å². The Morgan fingerprint density at radius 1 is 1.81 bits per heavy atom. The molecule has 16 heavy (non-hydrogen) atoms. The number of ether oxygens (including phenoxy) is 1. The van der Waals surface area contributed by atoms with Crippen molar-refractivity contribution in [1.29, 1.82) is 0 Å². The number of nitrogens with one attached hydrogen (secondary N) is 2. The van der Waals surface area contributed by atoms with Gasteiger partial charge in [0.1, 0.15) is 5.69 Å². The molecule has 1 aliphatic rings. The van der Waals surface area contributed by atoms with Crippen LogP contribution in [-0.4, -0.2) is 35.4 Å². The number of amides is 1. The van der Waals surface area contributed by atoms with E-state index in [1.807, 2.05) is 6.92 Å². The summed E-state index contributed by atoms with van der Waals surface area (Å²) in [5.41, 5.74) is 6.28. The molecule has 4 N–H and O–H groups in total. The van der Waals surface area contributed by atoms with E-state index in [0.717, 1.165) is 13.0 Å². The lowest BCUT2D eigenvalue weighted by Crippen LogP contribution is -2.38. The monoisotopic (exact) mass is 224 g/mol. The Hall–Kier alpha value is -1.56. The van der Waals surface area contributed by atoms with Gasteiger partial charge in [-0.3, -0.25) is 9.89 Å². The molecule has 2 unspecified atom stereocenters.